The van der Waals surface area contributed by atoms with Gasteiger partial charge < -0.3 is 9.73 Å². The smallest absolute Gasteiger partial charge is 0.118 e. The zero-order chi connectivity index (χ0) is 12.1. The summed E-state index contributed by atoms with van der Waals surface area (Å²) in [5.41, 5.74) is 0. The maximum Gasteiger partial charge on any atom is 0.118 e. The average molecular weight is 236 g/mol. The third-order valence-electron chi connectivity index (χ3n) is 3.61. The Labute approximate surface area is 104 Å². The molecule has 0 bridgehead atoms. The van der Waals surface area contributed by atoms with Gasteiger partial charge in [0.25, 0.3) is 0 Å². The summed E-state index contributed by atoms with van der Waals surface area (Å²) in [4.78, 5) is 2.55. The third kappa shape index (κ3) is 3.33. The number of likely N-dealkylation sites (N-methyl/N-ethyl adjacent to an activating group) is 1. The number of nitrogens with one attached hydrogen (secondary N) is 1. The van der Waals surface area contributed by atoms with E-state index in [1.165, 1.54) is 25.8 Å². The SMILES string of the molecule is CCc1ccc(CN2CCCCC2CNC)o1. The number of aryl methyl sites for hydroxylation is 1. The number of furan rings is 1. The van der Waals surface area contributed by atoms with E-state index in [0.717, 1.165) is 31.0 Å². The lowest BCUT2D eigenvalue weighted by Crippen LogP contribution is -2.44. The molecule has 1 aliphatic heterocycles. The van der Waals surface area contributed by atoms with Crippen molar-refractivity contribution in [1.29, 1.82) is 0 Å². The zero-order valence-electron chi connectivity index (χ0n) is 11.0. The predicted molar refractivity (Wildman–Crippen MR) is 70.1 cm³/mol. The summed E-state index contributed by atoms with van der Waals surface area (Å²) in [6, 6.07) is 4.90. The number of hydrogen-bond donors (Lipinski definition) is 1. The van der Waals surface area contributed by atoms with Gasteiger partial charge in [-0.15, -0.1) is 0 Å². The van der Waals surface area contributed by atoms with Crippen LogP contribution in [0.5, 0.6) is 0 Å². The zero-order valence-corrected chi connectivity index (χ0v) is 11.0. The largest absolute Gasteiger partial charge is 0.465 e. The van der Waals surface area contributed by atoms with Gasteiger partial charge in [-0.05, 0) is 38.6 Å². The lowest BCUT2D eigenvalue weighted by atomic mass is 10.0. The molecule has 1 unspecified atom stereocenters. The van der Waals surface area contributed by atoms with Crippen molar-refractivity contribution in [3.05, 3.63) is 23.7 Å². The van der Waals surface area contributed by atoms with Gasteiger partial charge in [0.1, 0.15) is 11.5 Å². The van der Waals surface area contributed by atoms with E-state index < -0.39 is 0 Å². The van der Waals surface area contributed by atoms with Gasteiger partial charge in [-0.1, -0.05) is 13.3 Å². The van der Waals surface area contributed by atoms with Gasteiger partial charge in [0.05, 0.1) is 6.54 Å². The number of likely N-dealkylation sites (tertiary alicyclic amines) is 1. The first kappa shape index (κ1) is 12.7. The molecule has 1 saturated heterocycles. The molecule has 2 heterocycles. The Morgan fingerprint density at radius 1 is 1.35 bits per heavy atom. The quantitative estimate of drug-likeness (QED) is 0.851. The van der Waals surface area contributed by atoms with Crippen molar-refractivity contribution in [3.8, 4) is 0 Å². The topological polar surface area (TPSA) is 28.4 Å². The molecule has 1 aliphatic rings. The monoisotopic (exact) mass is 236 g/mol. The van der Waals surface area contributed by atoms with Crippen LogP contribution in [0, 0.1) is 0 Å². The molecule has 1 atom stereocenters. The van der Waals surface area contributed by atoms with Crippen LogP contribution in [-0.4, -0.2) is 31.1 Å². The van der Waals surface area contributed by atoms with Crippen LogP contribution in [-0.2, 0) is 13.0 Å². The molecule has 0 saturated carbocycles. The molecule has 17 heavy (non-hydrogen) atoms. The van der Waals surface area contributed by atoms with Crippen LogP contribution >= 0.6 is 0 Å². The summed E-state index contributed by atoms with van der Waals surface area (Å²) in [6.45, 7) is 5.38. The van der Waals surface area contributed by atoms with Gasteiger partial charge in [0.15, 0.2) is 0 Å². The molecule has 1 fully saturated rings. The van der Waals surface area contributed by atoms with Crippen molar-refractivity contribution in [3.63, 3.8) is 0 Å². The Kier molecular flexibility index (Phi) is 4.63. The summed E-state index contributed by atoms with van der Waals surface area (Å²) < 4.78 is 5.80. The van der Waals surface area contributed by atoms with Gasteiger partial charge in [-0.25, -0.2) is 0 Å². The number of piperidine rings is 1. The molecule has 2 rings (SSSR count). The van der Waals surface area contributed by atoms with E-state index in [4.69, 9.17) is 4.42 Å². The van der Waals surface area contributed by atoms with E-state index in [0.29, 0.717) is 6.04 Å². The van der Waals surface area contributed by atoms with Crippen LogP contribution in [0.4, 0.5) is 0 Å². The lowest BCUT2D eigenvalue weighted by molar-refractivity contribution is 0.129. The standard InChI is InChI=1S/C14H24N2O/c1-3-13-7-8-14(17-13)11-16-9-5-4-6-12(16)10-15-2/h7-8,12,15H,3-6,9-11H2,1-2H3. The molecule has 3 nitrogen and oxygen atoms in total. The minimum Gasteiger partial charge on any atom is -0.465 e. The van der Waals surface area contributed by atoms with E-state index in [9.17, 15) is 0 Å². The van der Waals surface area contributed by atoms with Gasteiger partial charge >= 0.3 is 0 Å². The van der Waals surface area contributed by atoms with Crippen molar-refractivity contribution in [2.24, 2.45) is 0 Å². The maximum atomic E-state index is 5.80. The van der Waals surface area contributed by atoms with E-state index in [1.54, 1.807) is 0 Å². The minimum atomic E-state index is 0.670. The molecule has 1 aromatic rings. The molecule has 3 heteroatoms. The van der Waals surface area contributed by atoms with Crippen molar-refractivity contribution in [1.82, 2.24) is 10.2 Å². The van der Waals surface area contributed by atoms with Crippen LogP contribution in [0.2, 0.25) is 0 Å². The highest BCUT2D eigenvalue weighted by Gasteiger charge is 2.22. The van der Waals surface area contributed by atoms with Crippen LogP contribution in [0.1, 0.15) is 37.7 Å². The summed E-state index contributed by atoms with van der Waals surface area (Å²) in [7, 11) is 2.04. The molecule has 0 amide bonds. The summed E-state index contributed by atoms with van der Waals surface area (Å²) in [6.07, 6.45) is 4.98. The highest BCUT2D eigenvalue weighted by molar-refractivity contribution is 5.07. The summed E-state index contributed by atoms with van der Waals surface area (Å²) >= 11 is 0. The molecule has 1 N–H and O–H groups in total. The fraction of sp³-hybridized carbons (Fsp3) is 0.714. The minimum absolute atomic E-state index is 0.670. The third-order valence-corrected chi connectivity index (χ3v) is 3.61. The molecule has 96 valence electrons. The van der Waals surface area contributed by atoms with E-state index in [1.807, 2.05) is 7.05 Å². The highest BCUT2D eigenvalue weighted by Crippen LogP contribution is 2.20. The Hall–Kier alpha value is -0.800. The Morgan fingerprint density at radius 2 is 2.18 bits per heavy atom. The van der Waals surface area contributed by atoms with Crippen molar-refractivity contribution in [2.45, 2.75) is 45.2 Å². The van der Waals surface area contributed by atoms with Gasteiger partial charge in [-0.2, -0.15) is 0 Å². The lowest BCUT2D eigenvalue weighted by Gasteiger charge is -2.35. The fourth-order valence-corrected chi connectivity index (χ4v) is 2.63. The first-order valence-corrected chi connectivity index (χ1v) is 6.79. The molecular formula is C14H24N2O. The summed E-state index contributed by atoms with van der Waals surface area (Å²) in [5.74, 6) is 2.21. The van der Waals surface area contributed by atoms with Crippen LogP contribution < -0.4 is 5.32 Å². The second-order valence-corrected chi connectivity index (χ2v) is 4.90. The Bertz CT molecular complexity index is 333. The molecule has 0 aromatic carbocycles. The van der Waals surface area contributed by atoms with E-state index in [2.05, 4.69) is 29.3 Å². The number of rotatable bonds is 5. The predicted octanol–water partition coefficient (Wildman–Crippen LogP) is 2.42. The first-order valence-electron chi connectivity index (χ1n) is 6.79. The van der Waals surface area contributed by atoms with Gasteiger partial charge in [-0.3, -0.25) is 4.90 Å². The number of hydrogen-bond acceptors (Lipinski definition) is 3. The number of nitrogens with zero attached hydrogens (tertiary/aromatic N) is 1. The molecule has 0 aliphatic carbocycles. The van der Waals surface area contributed by atoms with Crippen LogP contribution in [0.3, 0.4) is 0 Å². The second kappa shape index (κ2) is 6.22. The van der Waals surface area contributed by atoms with Crippen molar-refractivity contribution < 1.29 is 4.42 Å². The highest BCUT2D eigenvalue weighted by atomic mass is 16.3. The summed E-state index contributed by atoms with van der Waals surface area (Å²) in [5, 5.41) is 3.30. The van der Waals surface area contributed by atoms with Crippen LogP contribution in [0.25, 0.3) is 0 Å². The van der Waals surface area contributed by atoms with E-state index >= 15 is 0 Å². The van der Waals surface area contributed by atoms with Gasteiger partial charge in [0, 0.05) is 19.0 Å². The van der Waals surface area contributed by atoms with Gasteiger partial charge in [0.2, 0.25) is 0 Å². The molecule has 0 radical (unpaired) electrons. The van der Waals surface area contributed by atoms with E-state index in [-0.39, 0.29) is 0 Å². The normalized spacial score (nSPS) is 21.9. The molecule has 0 spiro atoms. The van der Waals surface area contributed by atoms with Crippen LogP contribution in [0.15, 0.2) is 16.5 Å². The maximum absolute atomic E-state index is 5.80. The fourth-order valence-electron chi connectivity index (χ4n) is 2.63. The van der Waals surface area contributed by atoms with Crippen molar-refractivity contribution in [2.75, 3.05) is 20.1 Å². The molecule has 1 aromatic heterocycles. The second-order valence-electron chi connectivity index (χ2n) is 4.90. The Balaban J connectivity index is 1.95. The average Bonchev–Trinajstić information content (AvgIpc) is 2.80. The molecular weight excluding hydrogens is 212 g/mol. The van der Waals surface area contributed by atoms with Crippen molar-refractivity contribution >= 4 is 0 Å². The Morgan fingerprint density at radius 3 is 2.88 bits per heavy atom. The first-order chi connectivity index (χ1) is 8.33.